The quantitative estimate of drug-likeness (QED) is 0.276. The van der Waals surface area contributed by atoms with E-state index < -0.39 is 17.7 Å². The van der Waals surface area contributed by atoms with Gasteiger partial charge in [-0.2, -0.15) is 13.2 Å². The Morgan fingerprint density at radius 1 is 0.971 bits per heavy atom. The molecule has 3 aromatic rings. The van der Waals surface area contributed by atoms with Gasteiger partial charge in [0.2, 0.25) is 5.91 Å². The molecule has 0 aliphatic rings. The lowest BCUT2D eigenvalue weighted by Gasteiger charge is -2.24. The molecule has 184 valence electrons. The van der Waals surface area contributed by atoms with Crippen molar-refractivity contribution in [2.45, 2.75) is 39.5 Å². The number of hydrogen-bond acceptors (Lipinski definition) is 4. The maximum Gasteiger partial charge on any atom is 0.416 e. The van der Waals surface area contributed by atoms with Crippen molar-refractivity contribution in [2.24, 2.45) is 0 Å². The van der Waals surface area contributed by atoms with Gasteiger partial charge in [0.1, 0.15) is 5.15 Å². The van der Waals surface area contributed by atoms with Gasteiger partial charge < -0.3 is 9.64 Å². The van der Waals surface area contributed by atoms with Gasteiger partial charge in [0, 0.05) is 45.1 Å². The highest BCUT2D eigenvalue weighted by atomic mass is 35.5. The predicted molar refractivity (Wildman–Crippen MR) is 126 cm³/mol. The van der Waals surface area contributed by atoms with E-state index in [0.29, 0.717) is 23.1 Å². The lowest BCUT2D eigenvalue weighted by molar-refractivity contribution is -0.141. The van der Waals surface area contributed by atoms with E-state index in [-0.39, 0.29) is 36.3 Å². The van der Waals surface area contributed by atoms with E-state index in [4.69, 9.17) is 16.3 Å². The molecule has 0 bridgehead atoms. The van der Waals surface area contributed by atoms with E-state index in [1.165, 1.54) is 31.0 Å². The molecule has 0 N–H and O–H groups in total. The predicted octanol–water partition coefficient (Wildman–Crippen LogP) is 6.08. The van der Waals surface area contributed by atoms with Crippen LogP contribution in [-0.2, 0) is 40.0 Å². The van der Waals surface area contributed by atoms with Gasteiger partial charge in [0.05, 0.1) is 12.2 Å². The number of carbonyl (C=O) groups excluding carboxylic acids is 2. The number of ether oxygens (including phenoxy) is 1. The second-order valence-electron chi connectivity index (χ2n) is 8.00. The van der Waals surface area contributed by atoms with Gasteiger partial charge in [0.15, 0.2) is 0 Å². The summed E-state index contributed by atoms with van der Waals surface area (Å²) in [5, 5.41) is 0.111. The van der Waals surface area contributed by atoms with Crippen molar-refractivity contribution in [1.29, 1.82) is 0 Å². The minimum absolute atomic E-state index is 0.0581. The summed E-state index contributed by atoms with van der Waals surface area (Å²) in [4.78, 5) is 29.1. The van der Waals surface area contributed by atoms with E-state index in [1.807, 2.05) is 30.3 Å². The van der Waals surface area contributed by atoms with Crippen molar-refractivity contribution in [2.75, 3.05) is 6.61 Å². The van der Waals surface area contributed by atoms with Crippen LogP contribution in [0.15, 0.2) is 60.8 Å². The number of amides is 1. The van der Waals surface area contributed by atoms with Gasteiger partial charge in [-0.15, -0.1) is 0 Å². The van der Waals surface area contributed by atoms with Gasteiger partial charge in [0.25, 0.3) is 0 Å². The Labute approximate surface area is 206 Å². The Kier molecular flexibility index (Phi) is 8.51. The molecule has 1 heterocycles. The zero-order valence-corrected chi connectivity index (χ0v) is 20.0. The van der Waals surface area contributed by atoms with Crippen LogP contribution in [0.2, 0.25) is 5.15 Å². The first-order valence-corrected chi connectivity index (χ1v) is 11.2. The van der Waals surface area contributed by atoms with Gasteiger partial charge in [-0.3, -0.25) is 9.59 Å². The van der Waals surface area contributed by atoms with Crippen LogP contribution >= 0.6 is 11.6 Å². The largest absolute Gasteiger partial charge is 0.466 e. The zero-order chi connectivity index (χ0) is 25.6. The molecule has 35 heavy (non-hydrogen) atoms. The van der Waals surface area contributed by atoms with Gasteiger partial charge in [-0.25, -0.2) is 4.98 Å². The second-order valence-corrected chi connectivity index (χ2v) is 8.36. The van der Waals surface area contributed by atoms with Gasteiger partial charge in [-0.1, -0.05) is 48.0 Å². The number of halogens is 4. The molecule has 0 atom stereocenters. The number of pyridine rings is 1. The molecule has 0 unspecified atom stereocenters. The molecule has 9 heteroatoms. The molecule has 0 saturated carbocycles. The molecule has 0 radical (unpaired) electrons. The van der Waals surface area contributed by atoms with E-state index in [0.717, 1.165) is 17.7 Å². The van der Waals surface area contributed by atoms with Gasteiger partial charge >= 0.3 is 12.1 Å². The van der Waals surface area contributed by atoms with Gasteiger partial charge in [-0.05, 0) is 40.5 Å². The molecule has 2 aromatic carbocycles. The minimum Gasteiger partial charge on any atom is -0.466 e. The lowest BCUT2D eigenvalue weighted by Crippen LogP contribution is -2.28. The lowest BCUT2D eigenvalue weighted by atomic mass is 9.96. The summed E-state index contributed by atoms with van der Waals surface area (Å²) in [6, 6.07) is 14.3. The summed E-state index contributed by atoms with van der Waals surface area (Å²) in [5.41, 5.74) is 1.87. The van der Waals surface area contributed by atoms with E-state index in [1.54, 1.807) is 6.07 Å². The van der Waals surface area contributed by atoms with Crippen LogP contribution in [0.1, 0.15) is 36.1 Å². The van der Waals surface area contributed by atoms with Crippen molar-refractivity contribution in [3.8, 4) is 11.1 Å². The Hall–Kier alpha value is -3.39. The highest BCUT2D eigenvalue weighted by Gasteiger charge is 2.31. The fourth-order valence-electron chi connectivity index (χ4n) is 3.58. The van der Waals surface area contributed by atoms with Crippen LogP contribution in [-0.4, -0.2) is 28.4 Å². The highest BCUT2D eigenvalue weighted by molar-refractivity contribution is 6.32. The number of rotatable bonds is 8. The van der Waals surface area contributed by atoms with Crippen LogP contribution in [0, 0.1) is 0 Å². The molecule has 1 aromatic heterocycles. The van der Waals surface area contributed by atoms with Crippen LogP contribution < -0.4 is 0 Å². The summed E-state index contributed by atoms with van der Waals surface area (Å²) in [5.74, 6) is -0.698. The van der Waals surface area contributed by atoms with Crippen molar-refractivity contribution in [1.82, 2.24) is 9.88 Å². The van der Waals surface area contributed by atoms with Crippen LogP contribution in [0.3, 0.4) is 0 Å². The zero-order valence-electron chi connectivity index (χ0n) is 19.2. The number of hydrogen-bond donors (Lipinski definition) is 0. The first kappa shape index (κ1) is 26.2. The Morgan fingerprint density at radius 2 is 1.69 bits per heavy atom. The maximum atomic E-state index is 13.5. The molecular formula is C26H24ClF3N2O3. The first-order chi connectivity index (χ1) is 16.5. The topological polar surface area (TPSA) is 59.5 Å². The van der Waals surface area contributed by atoms with Crippen LogP contribution in [0.5, 0.6) is 0 Å². The number of esters is 1. The van der Waals surface area contributed by atoms with Crippen molar-refractivity contribution in [3.63, 3.8) is 0 Å². The number of nitrogens with zero attached hydrogens (tertiary/aromatic N) is 2. The molecule has 1 amide bonds. The average molecular weight is 505 g/mol. The Bertz CT molecular complexity index is 1200. The first-order valence-electron chi connectivity index (χ1n) is 10.8. The third-order valence-corrected chi connectivity index (χ3v) is 5.64. The molecule has 0 spiro atoms. The monoisotopic (exact) mass is 504 g/mol. The molecule has 3 rings (SSSR count). The fraction of sp³-hybridized carbons (Fsp3) is 0.269. The van der Waals surface area contributed by atoms with Crippen LogP contribution in [0.25, 0.3) is 11.1 Å². The Morgan fingerprint density at radius 3 is 2.31 bits per heavy atom. The molecule has 0 saturated heterocycles. The van der Waals surface area contributed by atoms with Crippen molar-refractivity contribution in [3.05, 3.63) is 88.2 Å². The number of carbonyl (C=O) groups is 2. The number of aromatic nitrogens is 1. The summed E-state index contributed by atoms with van der Waals surface area (Å²) in [6.07, 6.45) is -2.67. The van der Waals surface area contributed by atoms with Crippen LogP contribution in [0.4, 0.5) is 13.2 Å². The summed E-state index contributed by atoms with van der Waals surface area (Å²) in [6.45, 7) is 2.99. The van der Waals surface area contributed by atoms with E-state index in [2.05, 4.69) is 4.98 Å². The normalized spacial score (nSPS) is 11.3. The molecule has 0 fully saturated rings. The fourth-order valence-corrected chi connectivity index (χ4v) is 3.79. The third kappa shape index (κ3) is 7.29. The third-order valence-electron chi connectivity index (χ3n) is 5.34. The summed E-state index contributed by atoms with van der Waals surface area (Å²) < 4.78 is 45.6. The molecule has 0 aliphatic carbocycles. The summed E-state index contributed by atoms with van der Waals surface area (Å²) in [7, 11) is 0. The summed E-state index contributed by atoms with van der Waals surface area (Å²) >= 11 is 6.35. The molecular weight excluding hydrogens is 481 g/mol. The Balaban J connectivity index is 2.02. The standard InChI is InChI=1S/C26H24ClF3N2O3/c1-17(33)32(15-19-6-4-3-5-7-19)16-21-13-22(26(28,29)30)8-9-23(21)24-12-20(14-31-25(24)27)10-11-35-18(2)34/h3-9,12-14H,10-11,15-16H2,1-2H3. The molecule has 5 nitrogen and oxygen atoms in total. The smallest absolute Gasteiger partial charge is 0.416 e. The maximum absolute atomic E-state index is 13.5. The number of alkyl halides is 3. The minimum atomic E-state index is -4.55. The van der Waals surface area contributed by atoms with E-state index in [9.17, 15) is 22.8 Å². The van der Waals surface area contributed by atoms with Crippen molar-refractivity contribution >= 4 is 23.5 Å². The SMILES string of the molecule is CC(=O)OCCc1cnc(Cl)c(-c2ccc(C(F)(F)F)cc2CN(Cc2ccccc2)C(C)=O)c1. The van der Waals surface area contributed by atoms with Crippen molar-refractivity contribution < 1.29 is 27.5 Å². The highest BCUT2D eigenvalue weighted by Crippen LogP contribution is 2.36. The average Bonchev–Trinajstić information content (AvgIpc) is 2.79. The number of benzene rings is 2. The molecule has 0 aliphatic heterocycles. The van der Waals surface area contributed by atoms with E-state index >= 15 is 0 Å². The second kappa shape index (κ2) is 11.4.